The molecule has 0 unspecified atom stereocenters. The topological polar surface area (TPSA) is 51.2 Å². The first-order valence-electron chi connectivity index (χ1n) is 3.94. The predicted octanol–water partition coefficient (Wildman–Crippen LogP) is 0.828. The van der Waals surface area contributed by atoms with E-state index in [0.29, 0.717) is 18.7 Å². The molecule has 0 saturated heterocycles. The van der Waals surface area contributed by atoms with Crippen molar-refractivity contribution in [2.45, 2.75) is 6.92 Å². The van der Waals surface area contributed by atoms with Crippen LogP contribution in [0.25, 0.3) is 0 Å². The molecular formula is C8H12N2O2S. The Labute approximate surface area is 81.1 Å². The molecule has 1 amide bonds. The Hall–Kier alpha value is -0.940. The van der Waals surface area contributed by atoms with E-state index in [4.69, 9.17) is 4.74 Å². The Morgan fingerprint density at radius 2 is 2.54 bits per heavy atom. The molecule has 1 aromatic rings. The van der Waals surface area contributed by atoms with Crippen LogP contribution in [0, 0.1) is 6.92 Å². The Balaban J connectivity index is 2.45. The van der Waals surface area contributed by atoms with Crippen LogP contribution in [0.5, 0.6) is 0 Å². The summed E-state index contributed by atoms with van der Waals surface area (Å²) in [6.07, 6.45) is 0. The van der Waals surface area contributed by atoms with Gasteiger partial charge in [-0.05, 0) is 18.5 Å². The molecule has 1 rings (SSSR count). The van der Waals surface area contributed by atoms with E-state index >= 15 is 0 Å². The third-order valence-corrected chi connectivity index (χ3v) is 2.31. The average molecular weight is 200 g/mol. The molecule has 1 N–H and O–H groups in total. The molecule has 0 aliphatic heterocycles. The summed E-state index contributed by atoms with van der Waals surface area (Å²) in [7, 11) is 1.60. The van der Waals surface area contributed by atoms with E-state index in [-0.39, 0.29) is 5.91 Å². The van der Waals surface area contributed by atoms with Gasteiger partial charge in [0.05, 0.1) is 17.9 Å². The van der Waals surface area contributed by atoms with Crippen LogP contribution < -0.4 is 5.32 Å². The van der Waals surface area contributed by atoms with Crippen LogP contribution in [0.3, 0.4) is 0 Å². The number of nitrogens with one attached hydrogen (secondary N) is 1. The van der Waals surface area contributed by atoms with Crippen molar-refractivity contribution in [3.05, 3.63) is 16.6 Å². The third kappa shape index (κ3) is 2.78. The smallest absolute Gasteiger partial charge is 0.254 e. The molecule has 4 nitrogen and oxygen atoms in total. The number of methoxy groups -OCH3 is 1. The molecule has 5 heteroatoms. The number of amides is 1. The summed E-state index contributed by atoms with van der Waals surface area (Å²) >= 11 is 1.29. The summed E-state index contributed by atoms with van der Waals surface area (Å²) < 4.78 is 8.83. The molecule has 0 aromatic carbocycles. The number of carbonyl (C=O) groups excluding carboxylic acids is 1. The number of carbonyl (C=O) groups is 1. The van der Waals surface area contributed by atoms with E-state index in [2.05, 4.69) is 9.69 Å². The molecule has 0 fully saturated rings. The Morgan fingerprint density at radius 3 is 3.08 bits per heavy atom. The van der Waals surface area contributed by atoms with E-state index in [0.717, 1.165) is 5.69 Å². The maximum absolute atomic E-state index is 11.4. The average Bonchev–Trinajstić information content (AvgIpc) is 2.52. The largest absolute Gasteiger partial charge is 0.383 e. The minimum Gasteiger partial charge on any atom is -0.383 e. The van der Waals surface area contributed by atoms with Crippen LogP contribution in [0.2, 0.25) is 0 Å². The fourth-order valence-electron chi connectivity index (χ4n) is 0.872. The van der Waals surface area contributed by atoms with Gasteiger partial charge < -0.3 is 10.1 Å². The van der Waals surface area contributed by atoms with Crippen molar-refractivity contribution in [1.82, 2.24) is 9.69 Å². The van der Waals surface area contributed by atoms with Gasteiger partial charge in [0.25, 0.3) is 5.91 Å². The standard InChI is InChI=1S/C8H12N2O2S/c1-6-7(5-13-10-6)8(11)9-3-4-12-2/h5H,3-4H2,1-2H3,(H,9,11). The van der Waals surface area contributed by atoms with E-state index in [1.807, 2.05) is 6.92 Å². The zero-order chi connectivity index (χ0) is 9.68. The van der Waals surface area contributed by atoms with Gasteiger partial charge in [0.2, 0.25) is 0 Å². The number of hydrogen-bond acceptors (Lipinski definition) is 4. The molecule has 72 valence electrons. The lowest BCUT2D eigenvalue weighted by atomic mass is 10.2. The Bertz CT molecular complexity index is 285. The Kier molecular flexibility index (Phi) is 3.85. The maximum atomic E-state index is 11.4. The van der Waals surface area contributed by atoms with Gasteiger partial charge in [-0.1, -0.05) is 0 Å². The first kappa shape index (κ1) is 10.1. The molecule has 1 heterocycles. The van der Waals surface area contributed by atoms with Gasteiger partial charge >= 0.3 is 0 Å². The van der Waals surface area contributed by atoms with Crippen LogP contribution in [0.15, 0.2) is 5.38 Å². The zero-order valence-electron chi connectivity index (χ0n) is 7.66. The van der Waals surface area contributed by atoms with E-state index < -0.39 is 0 Å². The minimum absolute atomic E-state index is 0.0803. The number of aromatic nitrogens is 1. The van der Waals surface area contributed by atoms with Gasteiger partial charge in [-0.25, -0.2) is 0 Å². The molecule has 0 radical (unpaired) electrons. The molecular weight excluding hydrogens is 188 g/mol. The lowest BCUT2D eigenvalue weighted by molar-refractivity contribution is 0.0937. The quantitative estimate of drug-likeness (QED) is 0.732. The molecule has 0 spiro atoms. The second-order valence-electron chi connectivity index (χ2n) is 2.56. The fraction of sp³-hybridized carbons (Fsp3) is 0.500. The highest BCUT2D eigenvalue weighted by molar-refractivity contribution is 7.03. The van der Waals surface area contributed by atoms with Crippen molar-refractivity contribution >= 4 is 17.4 Å². The molecule has 0 aliphatic rings. The van der Waals surface area contributed by atoms with Gasteiger partial charge in [0, 0.05) is 19.0 Å². The van der Waals surface area contributed by atoms with Crippen LogP contribution in [-0.2, 0) is 4.74 Å². The highest BCUT2D eigenvalue weighted by Crippen LogP contribution is 2.08. The SMILES string of the molecule is COCCNC(=O)c1csnc1C. The van der Waals surface area contributed by atoms with Gasteiger partial charge in [-0.2, -0.15) is 4.37 Å². The number of rotatable bonds is 4. The summed E-state index contributed by atoms with van der Waals surface area (Å²) in [4.78, 5) is 11.4. The molecule has 1 aromatic heterocycles. The van der Waals surface area contributed by atoms with Crippen molar-refractivity contribution < 1.29 is 9.53 Å². The van der Waals surface area contributed by atoms with Crippen molar-refractivity contribution in [3.63, 3.8) is 0 Å². The molecule has 13 heavy (non-hydrogen) atoms. The Morgan fingerprint density at radius 1 is 1.77 bits per heavy atom. The van der Waals surface area contributed by atoms with Gasteiger partial charge in [-0.15, -0.1) is 0 Å². The normalized spacial score (nSPS) is 10.0. The summed E-state index contributed by atoms with van der Waals surface area (Å²) in [5, 5.41) is 4.48. The van der Waals surface area contributed by atoms with Gasteiger partial charge in [0.1, 0.15) is 0 Å². The van der Waals surface area contributed by atoms with Crippen molar-refractivity contribution in [3.8, 4) is 0 Å². The second kappa shape index (κ2) is 4.94. The second-order valence-corrected chi connectivity index (χ2v) is 3.19. The van der Waals surface area contributed by atoms with Crippen molar-refractivity contribution in [2.24, 2.45) is 0 Å². The predicted molar refractivity (Wildman–Crippen MR) is 51.1 cm³/mol. The molecule has 0 atom stereocenters. The monoisotopic (exact) mass is 200 g/mol. The molecule has 0 saturated carbocycles. The minimum atomic E-state index is -0.0803. The number of hydrogen-bond donors (Lipinski definition) is 1. The van der Waals surface area contributed by atoms with E-state index in [1.54, 1.807) is 12.5 Å². The van der Waals surface area contributed by atoms with E-state index in [1.165, 1.54) is 11.5 Å². The molecule has 0 bridgehead atoms. The summed E-state index contributed by atoms with van der Waals surface area (Å²) in [5.41, 5.74) is 1.43. The lowest BCUT2D eigenvalue weighted by Crippen LogP contribution is -2.27. The summed E-state index contributed by atoms with van der Waals surface area (Å²) in [6, 6.07) is 0. The summed E-state index contributed by atoms with van der Waals surface area (Å²) in [5.74, 6) is -0.0803. The first-order chi connectivity index (χ1) is 6.25. The van der Waals surface area contributed by atoms with Crippen molar-refractivity contribution in [1.29, 1.82) is 0 Å². The third-order valence-electron chi connectivity index (χ3n) is 1.59. The van der Waals surface area contributed by atoms with Crippen LogP contribution >= 0.6 is 11.5 Å². The highest BCUT2D eigenvalue weighted by Gasteiger charge is 2.09. The zero-order valence-corrected chi connectivity index (χ0v) is 8.48. The van der Waals surface area contributed by atoms with Gasteiger partial charge in [0.15, 0.2) is 0 Å². The van der Waals surface area contributed by atoms with Crippen LogP contribution in [0.4, 0.5) is 0 Å². The number of aryl methyl sites for hydroxylation is 1. The number of ether oxygens (including phenoxy) is 1. The molecule has 0 aliphatic carbocycles. The lowest BCUT2D eigenvalue weighted by Gasteiger charge is -2.02. The maximum Gasteiger partial charge on any atom is 0.254 e. The van der Waals surface area contributed by atoms with E-state index in [9.17, 15) is 4.79 Å². The van der Waals surface area contributed by atoms with Crippen LogP contribution in [0.1, 0.15) is 16.1 Å². The van der Waals surface area contributed by atoms with Crippen LogP contribution in [-0.4, -0.2) is 30.5 Å². The summed E-state index contributed by atoms with van der Waals surface area (Å²) in [6.45, 7) is 2.88. The fourth-order valence-corrected chi connectivity index (χ4v) is 1.56. The highest BCUT2D eigenvalue weighted by atomic mass is 32.1. The number of nitrogens with zero attached hydrogens (tertiary/aromatic N) is 1. The first-order valence-corrected chi connectivity index (χ1v) is 4.77. The van der Waals surface area contributed by atoms with Gasteiger partial charge in [-0.3, -0.25) is 4.79 Å². The van der Waals surface area contributed by atoms with Crippen molar-refractivity contribution in [2.75, 3.05) is 20.3 Å².